The van der Waals surface area contributed by atoms with Crippen molar-refractivity contribution in [3.63, 3.8) is 0 Å². The molecule has 0 unspecified atom stereocenters. The van der Waals surface area contributed by atoms with Crippen molar-refractivity contribution in [3.8, 4) is 0 Å². The van der Waals surface area contributed by atoms with Crippen LogP contribution in [0.25, 0.3) is 0 Å². The van der Waals surface area contributed by atoms with E-state index in [9.17, 15) is 14.4 Å². The maximum atomic E-state index is 12.7. The number of ether oxygens (including phenoxy) is 1. The lowest BCUT2D eigenvalue weighted by Crippen LogP contribution is -2.70. The van der Waals surface area contributed by atoms with E-state index in [-0.39, 0.29) is 29.3 Å². The minimum absolute atomic E-state index is 0.142. The number of halogens is 4. The molecule has 2 aliphatic heterocycles. The third-order valence-corrected chi connectivity index (χ3v) is 7.22. The van der Waals surface area contributed by atoms with Crippen molar-refractivity contribution in [2.45, 2.75) is 21.6 Å². The lowest BCUT2D eigenvalue weighted by atomic mass is 10.0. The van der Waals surface area contributed by atoms with E-state index in [0.29, 0.717) is 16.7 Å². The molecule has 3 rings (SSSR count). The molecular formula is C16H14BrCl3N2O4S2. The van der Waals surface area contributed by atoms with Gasteiger partial charge in [0.2, 0.25) is 9.70 Å². The van der Waals surface area contributed by atoms with Gasteiger partial charge in [-0.15, -0.1) is 23.1 Å². The summed E-state index contributed by atoms with van der Waals surface area (Å²) in [5, 5.41) is 4.66. The number of nitrogens with zero attached hydrogens (tertiary/aromatic N) is 1. The van der Waals surface area contributed by atoms with E-state index in [1.54, 1.807) is 0 Å². The monoisotopic (exact) mass is 546 g/mol. The molecule has 1 aromatic rings. The highest BCUT2D eigenvalue weighted by molar-refractivity contribution is 9.09. The molecule has 2 amide bonds. The van der Waals surface area contributed by atoms with E-state index in [1.165, 1.54) is 28.0 Å². The molecule has 2 atom stereocenters. The number of rotatable bonds is 6. The molecule has 12 heteroatoms. The van der Waals surface area contributed by atoms with Crippen LogP contribution >= 0.6 is 73.8 Å². The lowest BCUT2D eigenvalue weighted by Gasteiger charge is -2.49. The van der Waals surface area contributed by atoms with Crippen LogP contribution in [0.2, 0.25) is 0 Å². The van der Waals surface area contributed by atoms with Crippen molar-refractivity contribution in [3.05, 3.63) is 33.7 Å². The summed E-state index contributed by atoms with van der Waals surface area (Å²) in [5.74, 6) is -0.828. The Morgan fingerprint density at radius 1 is 1.39 bits per heavy atom. The van der Waals surface area contributed by atoms with Crippen molar-refractivity contribution >= 4 is 91.6 Å². The fourth-order valence-electron chi connectivity index (χ4n) is 2.79. The van der Waals surface area contributed by atoms with Crippen LogP contribution < -0.4 is 5.32 Å². The summed E-state index contributed by atoms with van der Waals surface area (Å²) >= 11 is 23.2. The second-order valence-electron chi connectivity index (χ2n) is 5.99. The van der Waals surface area contributed by atoms with Crippen LogP contribution in [0.15, 0.2) is 28.8 Å². The quantitative estimate of drug-likeness (QED) is 0.336. The Labute approximate surface area is 193 Å². The van der Waals surface area contributed by atoms with E-state index < -0.39 is 22.4 Å². The molecule has 0 aromatic carbocycles. The predicted octanol–water partition coefficient (Wildman–Crippen LogP) is 3.25. The first-order valence-corrected chi connectivity index (χ1v) is 12.2. The van der Waals surface area contributed by atoms with Crippen LogP contribution in [0.1, 0.15) is 4.88 Å². The van der Waals surface area contributed by atoms with Crippen molar-refractivity contribution in [2.75, 3.05) is 17.7 Å². The zero-order valence-corrected chi connectivity index (χ0v) is 19.6. The SMILES string of the molecule is O=C(Cc1cccs1)N[C@@H]1C(=O)N2C(C(=O)OCC(Cl)(Cl)Cl)=C(CBr)CS[C@@H]12. The molecule has 1 aromatic heterocycles. The average molecular weight is 549 g/mol. The third kappa shape index (κ3) is 4.99. The van der Waals surface area contributed by atoms with Gasteiger partial charge in [-0.2, -0.15) is 0 Å². The van der Waals surface area contributed by atoms with Gasteiger partial charge in [0.15, 0.2) is 0 Å². The van der Waals surface area contributed by atoms with Gasteiger partial charge in [0.1, 0.15) is 23.7 Å². The molecule has 152 valence electrons. The fourth-order valence-corrected chi connectivity index (χ4v) is 5.73. The van der Waals surface area contributed by atoms with Crippen LogP contribution in [0.4, 0.5) is 0 Å². The van der Waals surface area contributed by atoms with Gasteiger partial charge in [0.05, 0.1) is 6.42 Å². The second-order valence-corrected chi connectivity index (χ2v) is 11.2. The maximum absolute atomic E-state index is 12.7. The van der Waals surface area contributed by atoms with Gasteiger partial charge in [0, 0.05) is 16.0 Å². The predicted molar refractivity (Wildman–Crippen MR) is 115 cm³/mol. The van der Waals surface area contributed by atoms with E-state index in [1.807, 2.05) is 17.5 Å². The summed E-state index contributed by atoms with van der Waals surface area (Å²) in [6.45, 7) is -0.434. The first-order chi connectivity index (χ1) is 13.2. The molecular weight excluding hydrogens is 535 g/mol. The highest BCUT2D eigenvalue weighted by atomic mass is 79.9. The van der Waals surface area contributed by atoms with Crippen LogP contribution in [0.5, 0.6) is 0 Å². The maximum Gasteiger partial charge on any atom is 0.355 e. The molecule has 0 radical (unpaired) electrons. The Balaban J connectivity index is 1.68. The van der Waals surface area contributed by atoms with Crippen LogP contribution in [0.3, 0.4) is 0 Å². The fraction of sp³-hybridized carbons (Fsp3) is 0.438. The van der Waals surface area contributed by atoms with Crippen LogP contribution in [0, 0.1) is 0 Å². The Morgan fingerprint density at radius 3 is 2.75 bits per heavy atom. The van der Waals surface area contributed by atoms with Gasteiger partial charge in [-0.25, -0.2) is 4.79 Å². The summed E-state index contributed by atoms with van der Waals surface area (Å²) in [6.07, 6.45) is 0.208. The molecule has 0 aliphatic carbocycles. The zero-order valence-electron chi connectivity index (χ0n) is 14.1. The van der Waals surface area contributed by atoms with Gasteiger partial charge in [-0.3, -0.25) is 14.5 Å². The van der Waals surface area contributed by atoms with Gasteiger partial charge in [0.25, 0.3) is 5.91 Å². The number of carbonyl (C=O) groups is 3. The molecule has 6 nitrogen and oxygen atoms in total. The van der Waals surface area contributed by atoms with Crippen molar-refractivity contribution in [1.82, 2.24) is 10.2 Å². The normalized spacial score (nSPS) is 21.9. The number of carbonyl (C=O) groups excluding carboxylic acids is 3. The number of nitrogens with one attached hydrogen (secondary N) is 1. The Kier molecular flexibility index (Phi) is 7.26. The number of thioether (sulfide) groups is 1. The average Bonchev–Trinajstić information content (AvgIpc) is 3.15. The van der Waals surface area contributed by atoms with E-state index >= 15 is 0 Å². The number of fused-ring (bicyclic) bond motifs is 1. The molecule has 2 aliphatic rings. The van der Waals surface area contributed by atoms with Crippen LogP contribution in [-0.4, -0.2) is 55.6 Å². The third-order valence-electron chi connectivity index (χ3n) is 4.00. The molecule has 1 N–H and O–H groups in total. The number of alkyl halides is 4. The number of hydrogen-bond donors (Lipinski definition) is 1. The molecule has 0 bridgehead atoms. The number of esters is 1. The first kappa shape index (κ1) is 22.2. The Hall–Kier alpha value is -0.450. The number of thiophene rings is 1. The van der Waals surface area contributed by atoms with Gasteiger partial charge in [-0.05, 0) is 17.0 Å². The largest absolute Gasteiger partial charge is 0.456 e. The standard InChI is InChI=1S/C16H14BrCl3N2O4S2/c17-5-8-6-28-14-11(21-10(23)4-9-2-1-3-27-9)13(24)22(14)12(8)15(25)26-7-16(18,19)20/h1-3,11,14H,4-7H2,(H,21,23)/t11-,14+/m1/s1. The number of β-lactam (4-membered cyclic amide) rings is 1. The Morgan fingerprint density at radius 2 is 2.14 bits per heavy atom. The van der Waals surface area contributed by atoms with E-state index in [2.05, 4.69) is 21.2 Å². The minimum atomic E-state index is -1.75. The Bertz CT molecular complexity index is 813. The number of amides is 2. The van der Waals surface area contributed by atoms with Crippen molar-refractivity contribution in [2.24, 2.45) is 0 Å². The summed E-state index contributed by atoms with van der Waals surface area (Å²) in [5.41, 5.74) is 0.843. The summed E-state index contributed by atoms with van der Waals surface area (Å²) in [4.78, 5) is 39.7. The molecule has 28 heavy (non-hydrogen) atoms. The lowest BCUT2D eigenvalue weighted by molar-refractivity contribution is -0.152. The minimum Gasteiger partial charge on any atom is -0.456 e. The summed E-state index contributed by atoms with van der Waals surface area (Å²) in [7, 11) is 0. The van der Waals surface area contributed by atoms with Gasteiger partial charge < -0.3 is 10.1 Å². The van der Waals surface area contributed by atoms with E-state index in [0.717, 1.165) is 4.88 Å². The van der Waals surface area contributed by atoms with Crippen LogP contribution in [-0.2, 0) is 25.5 Å². The summed E-state index contributed by atoms with van der Waals surface area (Å²) in [6, 6.07) is 3.03. The molecule has 1 fully saturated rings. The molecule has 3 heterocycles. The van der Waals surface area contributed by atoms with E-state index in [4.69, 9.17) is 39.5 Å². The molecule has 0 spiro atoms. The smallest absolute Gasteiger partial charge is 0.355 e. The number of hydrogen-bond acceptors (Lipinski definition) is 6. The second kappa shape index (κ2) is 9.14. The highest BCUT2D eigenvalue weighted by Crippen LogP contribution is 2.41. The first-order valence-electron chi connectivity index (χ1n) is 7.99. The van der Waals surface area contributed by atoms with Gasteiger partial charge >= 0.3 is 5.97 Å². The topological polar surface area (TPSA) is 75.7 Å². The highest BCUT2D eigenvalue weighted by Gasteiger charge is 2.54. The van der Waals surface area contributed by atoms with Crippen molar-refractivity contribution < 1.29 is 19.1 Å². The zero-order chi connectivity index (χ0) is 20.5. The van der Waals surface area contributed by atoms with Crippen molar-refractivity contribution in [1.29, 1.82) is 0 Å². The van der Waals surface area contributed by atoms with Gasteiger partial charge in [-0.1, -0.05) is 56.8 Å². The molecule has 1 saturated heterocycles. The summed E-state index contributed by atoms with van der Waals surface area (Å²) < 4.78 is 3.32. The molecule has 0 saturated carbocycles.